The molecule has 0 radical (unpaired) electrons. The molecule has 0 aliphatic heterocycles. The molecule has 3 atom stereocenters. The fourth-order valence-corrected chi connectivity index (χ4v) is 2.64. The molecule has 4 N–H and O–H groups in total. The van der Waals surface area contributed by atoms with Crippen molar-refractivity contribution in [2.75, 3.05) is 5.73 Å². The molecule has 2 rings (SSSR count). The van der Waals surface area contributed by atoms with E-state index in [0.29, 0.717) is 11.8 Å². The van der Waals surface area contributed by atoms with Crippen LogP contribution in [-0.4, -0.2) is 27.1 Å². The standard InChI is InChI=1S/C11H19N5O/c1-3-7-4-5-8(6(7)2)13-10(17)9-14-11(12)16-15-9/h6-8H,3-5H2,1-2H3,(H,13,17)(H3,12,14,15,16). The summed E-state index contributed by atoms with van der Waals surface area (Å²) in [6, 6.07) is 0.235. The number of nitrogen functional groups attached to an aromatic ring is 1. The van der Waals surface area contributed by atoms with E-state index in [0.717, 1.165) is 6.42 Å². The molecule has 1 aromatic heterocycles. The number of carbonyl (C=O) groups is 1. The number of carbonyl (C=O) groups excluding carboxylic acids is 1. The van der Waals surface area contributed by atoms with Crippen LogP contribution in [-0.2, 0) is 0 Å². The van der Waals surface area contributed by atoms with Crippen LogP contribution >= 0.6 is 0 Å². The van der Waals surface area contributed by atoms with Crippen LogP contribution in [0.25, 0.3) is 0 Å². The van der Waals surface area contributed by atoms with Gasteiger partial charge in [-0.2, -0.15) is 4.98 Å². The van der Waals surface area contributed by atoms with Gasteiger partial charge in [-0.25, -0.2) is 0 Å². The molecule has 6 heteroatoms. The lowest BCUT2D eigenvalue weighted by Gasteiger charge is -2.20. The Morgan fingerprint density at radius 3 is 2.88 bits per heavy atom. The van der Waals surface area contributed by atoms with Crippen molar-refractivity contribution in [1.29, 1.82) is 0 Å². The number of aromatic nitrogens is 3. The van der Waals surface area contributed by atoms with Gasteiger partial charge in [-0.3, -0.25) is 9.89 Å². The van der Waals surface area contributed by atoms with Gasteiger partial charge in [0.15, 0.2) is 0 Å². The Kier molecular flexibility index (Phi) is 3.31. The summed E-state index contributed by atoms with van der Waals surface area (Å²) in [7, 11) is 0. The molecule has 1 saturated carbocycles. The largest absolute Gasteiger partial charge is 0.366 e. The van der Waals surface area contributed by atoms with E-state index in [2.05, 4.69) is 34.3 Å². The van der Waals surface area contributed by atoms with Gasteiger partial charge in [0, 0.05) is 6.04 Å². The van der Waals surface area contributed by atoms with Gasteiger partial charge in [0.1, 0.15) is 0 Å². The predicted octanol–water partition coefficient (Wildman–Crippen LogP) is 0.941. The summed E-state index contributed by atoms with van der Waals surface area (Å²) in [6.45, 7) is 4.39. The lowest BCUT2D eigenvalue weighted by molar-refractivity contribution is 0.0916. The first kappa shape index (κ1) is 11.9. The number of H-pyrrole nitrogens is 1. The summed E-state index contributed by atoms with van der Waals surface area (Å²) in [5.41, 5.74) is 5.36. The van der Waals surface area contributed by atoms with Gasteiger partial charge in [-0.1, -0.05) is 20.3 Å². The number of nitrogens with one attached hydrogen (secondary N) is 2. The van der Waals surface area contributed by atoms with Crippen molar-refractivity contribution >= 4 is 11.9 Å². The number of amides is 1. The topological polar surface area (TPSA) is 96.7 Å². The van der Waals surface area contributed by atoms with E-state index < -0.39 is 0 Å². The average Bonchev–Trinajstić information content (AvgIpc) is 2.87. The maximum Gasteiger partial charge on any atom is 0.288 e. The van der Waals surface area contributed by atoms with Crippen LogP contribution in [0, 0.1) is 11.8 Å². The maximum absolute atomic E-state index is 11.9. The highest BCUT2D eigenvalue weighted by molar-refractivity contribution is 5.90. The Hall–Kier alpha value is -1.59. The number of nitrogens with zero attached hydrogens (tertiary/aromatic N) is 2. The van der Waals surface area contributed by atoms with Crippen molar-refractivity contribution in [1.82, 2.24) is 20.5 Å². The average molecular weight is 237 g/mol. The number of aromatic amines is 1. The zero-order valence-corrected chi connectivity index (χ0v) is 10.2. The summed E-state index contributed by atoms with van der Waals surface area (Å²) < 4.78 is 0. The fourth-order valence-electron chi connectivity index (χ4n) is 2.64. The summed E-state index contributed by atoms with van der Waals surface area (Å²) in [4.78, 5) is 15.7. The first-order valence-corrected chi connectivity index (χ1v) is 6.10. The normalized spacial score (nSPS) is 28.2. The Balaban J connectivity index is 1.96. The first-order valence-electron chi connectivity index (χ1n) is 6.10. The molecule has 0 aromatic carbocycles. The molecule has 1 aliphatic rings. The summed E-state index contributed by atoms with van der Waals surface area (Å²) in [5.74, 6) is 1.29. The van der Waals surface area contributed by atoms with E-state index in [1.807, 2.05) is 0 Å². The quantitative estimate of drug-likeness (QED) is 0.729. The molecule has 1 heterocycles. The second-order valence-electron chi connectivity index (χ2n) is 4.73. The van der Waals surface area contributed by atoms with Gasteiger partial charge in [-0.05, 0) is 24.7 Å². The number of rotatable bonds is 3. The molecule has 0 spiro atoms. The minimum absolute atomic E-state index is 0.0982. The van der Waals surface area contributed by atoms with Crippen LogP contribution in [0.2, 0.25) is 0 Å². The van der Waals surface area contributed by atoms with Crippen LogP contribution in [0.5, 0.6) is 0 Å². The van der Waals surface area contributed by atoms with Crippen LogP contribution < -0.4 is 11.1 Å². The number of hydrogen-bond donors (Lipinski definition) is 3. The molecule has 1 aliphatic carbocycles. The zero-order valence-electron chi connectivity index (χ0n) is 10.2. The second kappa shape index (κ2) is 4.73. The molecule has 1 fully saturated rings. The molecule has 6 nitrogen and oxygen atoms in total. The third kappa shape index (κ3) is 2.40. The molecule has 0 bridgehead atoms. The van der Waals surface area contributed by atoms with Gasteiger partial charge in [-0.15, -0.1) is 5.10 Å². The van der Waals surface area contributed by atoms with E-state index in [1.54, 1.807) is 0 Å². The lowest BCUT2D eigenvalue weighted by Crippen LogP contribution is -2.38. The predicted molar refractivity (Wildman–Crippen MR) is 64.2 cm³/mol. The van der Waals surface area contributed by atoms with E-state index >= 15 is 0 Å². The Morgan fingerprint density at radius 1 is 1.59 bits per heavy atom. The molecule has 3 unspecified atom stereocenters. The highest BCUT2D eigenvalue weighted by atomic mass is 16.2. The summed E-state index contributed by atoms with van der Waals surface area (Å²) in [5, 5.41) is 9.16. The monoisotopic (exact) mass is 237 g/mol. The molecular weight excluding hydrogens is 218 g/mol. The third-order valence-electron chi connectivity index (χ3n) is 3.79. The Morgan fingerprint density at radius 2 is 2.35 bits per heavy atom. The van der Waals surface area contributed by atoms with Crippen molar-refractivity contribution in [3.05, 3.63) is 5.82 Å². The van der Waals surface area contributed by atoms with Gasteiger partial charge in [0.25, 0.3) is 5.91 Å². The smallest absolute Gasteiger partial charge is 0.288 e. The van der Waals surface area contributed by atoms with Gasteiger partial charge in [0.05, 0.1) is 0 Å². The van der Waals surface area contributed by atoms with Crippen molar-refractivity contribution in [3.8, 4) is 0 Å². The van der Waals surface area contributed by atoms with Crippen molar-refractivity contribution in [2.45, 2.75) is 39.2 Å². The van der Waals surface area contributed by atoms with Crippen molar-refractivity contribution in [3.63, 3.8) is 0 Å². The van der Waals surface area contributed by atoms with Crippen LogP contribution in [0.15, 0.2) is 0 Å². The van der Waals surface area contributed by atoms with Gasteiger partial charge < -0.3 is 11.1 Å². The van der Waals surface area contributed by atoms with E-state index in [9.17, 15) is 4.79 Å². The minimum Gasteiger partial charge on any atom is -0.366 e. The van der Waals surface area contributed by atoms with Crippen molar-refractivity contribution < 1.29 is 4.79 Å². The van der Waals surface area contributed by atoms with Gasteiger partial charge >= 0.3 is 0 Å². The Bertz CT molecular complexity index is 402. The third-order valence-corrected chi connectivity index (χ3v) is 3.79. The van der Waals surface area contributed by atoms with Crippen molar-refractivity contribution in [2.24, 2.45) is 11.8 Å². The van der Waals surface area contributed by atoms with Crippen LogP contribution in [0.4, 0.5) is 5.95 Å². The maximum atomic E-state index is 11.9. The SMILES string of the molecule is CCC1CCC(NC(=O)c2nc(N)n[nH]2)C1C. The lowest BCUT2D eigenvalue weighted by atomic mass is 9.93. The molecule has 1 aromatic rings. The fraction of sp³-hybridized carbons (Fsp3) is 0.727. The number of hydrogen-bond acceptors (Lipinski definition) is 4. The molecule has 17 heavy (non-hydrogen) atoms. The minimum atomic E-state index is -0.220. The van der Waals surface area contributed by atoms with E-state index in [1.165, 1.54) is 12.8 Å². The van der Waals surface area contributed by atoms with Gasteiger partial charge in [0.2, 0.25) is 11.8 Å². The molecular formula is C11H19N5O. The Labute approximate surface area is 100 Å². The summed E-state index contributed by atoms with van der Waals surface area (Å²) >= 11 is 0. The van der Waals surface area contributed by atoms with Crippen LogP contribution in [0.1, 0.15) is 43.7 Å². The number of nitrogens with two attached hydrogens (primary N) is 1. The second-order valence-corrected chi connectivity index (χ2v) is 4.73. The highest BCUT2D eigenvalue weighted by Crippen LogP contribution is 2.33. The van der Waals surface area contributed by atoms with Crippen LogP contribution in [0.3, 0.4) is 0 Å². The van der Waals surface area contributed by atoms with E-state index in [4.69, 9.17) is 5.73 Å². The first-order chi connectivity index (χ1) is 8.11. The molecule has 0 saturated heterocycles. The molecule has 94 valence electrons. The zero-order chi connectivity index (χ0) is 12.4. The number of anilines is 1. The molecule has 1 amide bonds. The highest BCUT2D eigenvalue weighted by Gasteiger charge is 2.32. The van der Waals surface area contributed by atoms with E-state index in [-0.39, 0.29) is 23.7 Å². The summed E-state index contributed by atoms with van der Waals surface area (Å²) in [6.07, 6.45) is 3.39.